The predicted molar refractivity (Wildman–Crippen MR) is 79.2 cm³/mol. The number of hydrogen-bond acceptors (Lipinski definition) is 3. The van der Waals surface area contributed by atoms with Gasteiger partial charge in [0, 0.05) is 19.1 Å². The molecule has 0 bridgehead atoms. The lowest BCUT2D eigenvalue weighted by molar-refractivity contribution is 0.252. The molecule has 2 N–H and O–H groups in total. The Morgan fingerprint density at radius 2 is 2.00 bits per heavy atom. The van der Waals surface area contributed by atoms with Crippen molar-refractivity contribution < 1.29 is 8.42 Å². The first-order valence-corrected chi connectivity index (χ1v) is 8.53. The minimum absolute atomic E-state index is 0.0762. The fourth-order valence-electron chi connectivity index (χ4n) is 2.18. The summed E-state index contributed by atoms with van der Waals surface area (Å²) in [6.45, 7) is 10.2. The highest BCUT2D eigenvalue weighted by Crippen LogP contribution is 2.22. The first-order chi connectivity index (χ1) is 8.66. The van der Waals surface area contributed by atoms with Gasteiger partial charge in [0.25, 0.3) is 10.2 Å². The van der Waals surface area contributed by atoms with Crippen LogP contribution in [0.4, 0.5) is 0 Å². The quantitative estimate of drug-likeness (QED) is 0.800. The first kappa shape index (κ1) is 16.9. The van der Waals surface area contributed by atoms with Crippen LogP contribution in [0.3, 0.4) is 0 Å². The van der Waals surface area contributed by atoms with Crippen LogP contribution >= 0.6 is 0 Å². The summed E-state index contributed by atoms with van der Waals surface area (Å²) < 4.78 is 29.2. The zero-order valence-corrected chi connectivity index (χ0v) is 13.7. The molecule has 1 saturated heterocycles. The summed E-state index contributed by atoms with van der Waals surface area (Å²) in [4.78, 5) is 0. The van der Waals surface area contributed by atoms with Crippen molar-refractivity contribution in [2.24, 2.45) is 11.3 Å². The summed E-state index contributed by atoms with van der Waals surface area (Å²) in [6.07, 6.45) is 2.04. The van der Waals surface area contributed by atoms with E-state index in [1.165, 1.54) is 0 Å². The van der Waals surface area contributed by atoms with Gasteiger partial charge in [0.05, 0.1) is 0 Å². The topological polar surface area (TPSA) is 61.4 Å². The third-order valence-corrected chi connectivity index (χ3v) is 5.60. The molecule has 1 fully saturated rings. The molecule has 1 rings (SSSR count). The number of hydrogen-bond donors (Lipinski definition) is 2. The molecule has 0 aromatic heterocycles. The molecule has 0 aliphatic carbocycles. The summed E-state index contributed by atoms with van der Waals surface area (Å²) in [6, 6.07) is -0.0813. The van der Waals surface area contributed by atoms with Crippen molar-refractivity contribution in [2.45, 2.75) is 46.6 Å². The van der Waals surface area contributed by atoms with Gasteiger partial charge >= 0.3 is 0 Å². The second-order valence-electron chi connectivity index (χ2n) is 6.63. The van der Waals surface area contributed by atoms with Crippen molar-refractivity contribution in [1.82, 2.24) is 14.3 Å². The van der Waals surface area contributed by atoms with E-state index in [4.69, 9.17) is 0 Å². The summed E-state index contributed by atoms with van der Waals surface area (Å²) in [5.41, 5.74) is -0.0762. The molecule has 0 radical (unpaired) electrons. The monoisotopic (exact) mass is 291 g/mol. The summed E-state index contributed by atoms with van der Waals surface area (Å²) in [7, 11) is -1.45. The fraction of sp³-hybridized carbons (Fsp3) is 1.00. The first-order valence-electron chi connectivity index (χ1n) is 7.09. The van der Waals surface area contributed by atoms with Gasteiger partial charge in [-0.15, -0.1) is 0 Å². The van der Waals surface area contributed by atoms with Crippen LogP contribution in [0.5, 0.6) is 0 Å². The van der Waals surface area contributed by atoms with Gasteiger partial charge in [-0.05, 0) is 44.7 Å². The average Bonchev–Trinajstić information content (AvgIpc) is 2.28. The highest BCUT2D eigenvalue weighted by atomic mass is 32.2. The van der Waals surface area contributed by atoms with Crippen LogP contribution in [0.25, 0.3) is 0 Å². The van der Waals surface area contributed by atoms with Crippen LogP contribution in [-0.2, 0) is 10.2 Å². The van der Waals surface area contributed by atoms with Crippen molar-refractivity contribution in [3.05, 3.63) is 0 Å². The Morgan fingerprint density at radius 1 is 1.37 bits per heavy atom. The highest BCUT2D eigenvalue weighted by Gasteiger charge is 2.32. The Hall–Kier alpha value is -0.170. The Kier molecular flexibility index (Phi) is 5.79. The molecule has 1 heterocycles. The number of piperidine rings is 1. The molecular weight excluding hydrogens is 262 g/mol. The lowest BCUT2D eigenvalue weighted by Gasteiger charge is -2.35. The number of rotatable bonds is 5. The Labute approximate surface area is 118 Å². The largest absolute Gasteiger partial charge is 0.319 e. The molecule has 0 saturated carbocycles. The maximum absolute atomic E-state index is 12.4. The Morgan fingerprint density at radius 3 is 2.53 bits per heavy atom. The van der Waals surface area contributed by atoms with Crippen LogP contribution in [0, 0.1) is 11.3 Å². The molecule has 2 unspecified atom stereocenters. The van der Waals surface area contributed by atoms with E-state index < -0.39 is 10.2 Å². The molecular formula is C13H29N3O2S. The van der Waals surface area contributed by atoms with Crippen LogP contribution in [0.1, 0.15) is 40.5 Å². The van der Waals surface area contributed by atoms with E-state index in [-0.39, 0.29) is 11.5 Å². The molecule has 1 aliphatic heterocycles. The SMILES string of the molecule is CNCC1CCCN(S(=O)(=O)NC(C)C(C)(C)C)C1. The third kappa shape index (κ3) is 5.02. The van der Waals surface area contributed by atoms with Crippen molar-refractivity contribution in [3.8, 4) is 0 Å². The van der Waals surface area contributed by atoms with Gasteiger partial charge in [0.15, 0.2) is 0 Å². The van der Waals surface area contributed by atoms with E-state index in [9.17, 15) is 8.42 Å². The summed E-state index contributed by atoms with van der Waals surface area (Å²) in [5.74, 6) is 0.417. The minimum atomic E-state index is -3.36. The van der Waals surface area contributed by atoms with E-state index in [1.54, 1.807) is 4.31 Å². The fourth-order valence-corrected chi connectivity index (χ4v) is 3.90. The minimum Gasteiger partial charge on any atom is -0.319 e. The van der Waals surface area contributed by atoms with Gasteiger partial charge < -0.3 is 5.32 Å². The zero-order chi connectivity index (χ0) is 14.7. The van der Waals surface area contributed by atoms with Crippen molar-refractivity contribution in [1.29, 1.82) is 0 Å². The van der Waals surface area contributed by atoms with Crippen LogP contribution in [0.15, 0.2) is 0 Å². The lowest BCUT2D eigenvalue weighted by atomic mass is 9.89. The number of nitrogens with zero attached hydrogens (tertiary/aromatic N) is 1. The molecule has 5 nitrogen and oxygen atoms in total. The maximum atomic E-state index is 12.4. The second-order valence-corrected chi connectivity index (χ2v) is 8.34. The normalized spacial score (nSPS) is 24.4. The van der Waals surface area contributed by atoms with E-state index >= 15 is 0 Å². The standard InChI is InChI=1S/C13H29N3O2S/c1-11(13(2,3)4)15-19(17,18)16-8-6-7-12(10-16)9-14-5/h11-12,14-15H,6-10H2,1-5H3. The van der Waals surface area contributed by atoms with E-state index in [1.807, 2.05) is 34.7 Å². The van der Waals surface area contributed by atoms with E-state index in [0.717, 1.165) is 19.4 Å². The molecule has 2 atom stereocenters. The Bertz CT molecular complexity index is 374. The van der Waals surface area contributed by atoms with Gasteiger partial charge in [-0.2, -0.15) is 17.4 Å². The van der Waals surface area contributed by atoms with Crippen molar-refractivity contribution in [3.63, 3.8) is 0 Å². The van der Waals surface area contributed by atoms with Crippen molar-refractivity contribution in [2.75, 3.05) is 26.7 Å². The molecule has 6 heteroatoms. The maximum Gasteiger partial charge on any atom is 0.279 e. The zero-order valence-electron chi connectivity index (χ0n) is 12.9. The summed E-state index contributed by atoms with van der Waals surface area (Å²) >= 11 is 0. The second kappa shape index (κ2) is 6.52. The lowest BCUT2D eigenvalue weighted by Crippen LogP contribution is -2.52. The van der Waals surface area contributed by atoms with Gasteiger partial charge in [-0.3, -0.25) is 0 Å². The third-order valence-electron chi connectivity index (χ3n) is 3.94. The molecule has 114 valence electrons. The molecule has 0 aromatic rings. The van der Waals surface area contributed by atoms with Gasteiger partial charge in [0.2, 0.25) is 0 Å². The van der Waals surface area contributed by atoms with Gasteiger partial charge in [-0.1, -0.05) is 20.8 Å². The van der Waals surface area contributed by atoms with Gasteiger partial charge in [-0.25, -0.2) is 0 Å². The smallest absolute Gasteiger partial charge is 0.279 e. The van der Waals surface area contributed by atoms with E-state index in [2.05, 4.69) is 10.0 Å². The van der Waals surface area contributed by atoms with Crippen LogP contribution in [0.2, 0.25) is 0 Å². The Balaban J connectivity index is 2.66. The molecule has 1 aliphatic rings. The van der Waals surface area contributed by atoms with Crippen molar-refractivity contribution >= 4 is 10.2 Å². The van der Waals surface area contributed by atoms with Gasteiger partial charge in [0.1, 0.15) is 0 Å². The summed E-state index contributed by atoms with van der Waals surface area (Å²) in [5, 5.41) is 3.13. The van der Waals surface area contributed by atoms with E-state index in [0.29, 0.717) is 19.0 Å². The average molecular weight is 291 g/mol. The molecule has 0 aromatic carbocycles. The molecule has 0 spiro atoms. The van der Waals surface area contributed by atoms with Crippen LogP contribution in [-0.4, -0.2) is 45.4 Å². The highest BCUT2D eigenvalue weighted by molar-refractivity contribution is 7.87. The molecule has 19 heavy (non-hydrogen) atoms. The van der Waals surface area contributed by atoms with Crippen LogP contribution < -0.4 is 10.0 Å². The number of nitrogens with one attached hydrogen (secondary N) is 2. The molecule has 0 amide bonds. The predicted octanol–water partition coefficient (Wildman–Crippen LogP) is 1.19.